The summed E-state index contributed by atoms with van der Waals surface area (Å²) in [5.74, 6) is -1.56. The number of hydrogen-bond donors (Lipinski definition) is 0. The summed E-state index contributed by atoms with van der Waals surface area (Å²) in [5.41, 5.74) is 0.193. The molecule has 1 aromatic carbocycles. The van der Waals surface area contributed by atoms with Crippen molar-refractivity contribution in [2.24, 2.45) is 0 Å². The summed E-state index contributed by atoms with van der Waals surface area (Å²) in [6, 6.07) is 0. The molecule has 0 aliphatic heterocycles. The van der Waals surface area contributed by atoms with E-state index in [-0.39, 0.29) is 21.5 Å². The maximum absolute atomic E-state index is 13.4. The van der Waals surface area contributed by atoms with E-state index < -0.39 is 11.6 Å². The van der Waals surface area contributed by atoms with Gasteiger partial charge in [0, 0.05) is 5.56 Å². The van der Waals surface area contributed by atoms with Crippen LogP contribution in [0.3, 0.4) is 0 Å². The van der Waals surface area contributed by atoms with Crippen LogP contribution in [-0.4, -0.2) is 0 Å². The fourth-order valence-electron chi connectivity index (χ4n) is 1.27. The fourth-order valence-corrected chi connectivity index (χ4v) is 2.22. The van der Waals surface area contributed by atoms with Crippen molar-refractivity contribution < 1.29 is 8.78 Å². The lowest BCUT2D eigenvalue weighted by molar-refractivity contribution is 0.563. The maximum atomic E-state index is 13.4. The van der Waals surface area contributed by atoms with Crippen molar-refractivity contribution in [2.45, 2.75) is 26.7 Å². The van der Waals surface area contributed by atoms with Gasteiger partial charge in [-0.25, -0.2) is 8.78 Å². The van der Waals surface area contributed by atoms with Crippen LogP contribution in [0, 0.1) is 18.6 Å². The van der Waals surface area contributed by atoms with Crippen molar-refractivity contribution in [3.63, 3.8) is 0 Å². The normalized spacial score (nSPS) is 11.1. The standard InChI is InChI=1S/C10H10Cl2F2/c1-4(2)6-7(11)9(13)5(3)10(14)8(6)12/h4H,1-3H3. The van der Waals surface area contributed by atoms with Crippen molar-refractivity contribution in [1.82, 2.24) is 0 Å². The second-order valence-corrected chi connectivity index (χ2v) is 4.21. The van der Waals surface area contributed by atoms with E-state index in [1.807, 2.05) is 0 Å². The Morgan fingerprint density at radius 2 is 1.36 bits per heavy atom. The summed E-state index contributed by atoms with van der Waals surface area (Å²) < 4.78 is 26.7. The highest BCUT2D eigenvalue weighted by atomic mass is 35.5. The van der Waals surface area contributed by atoms with Crippen LogP contribution in [0.15, 0.2) is 0 Å². The maximum Gasteiger partial charge on any atom is 0.148 e. The third-order valence-corrected chi connectivity index (χ3v) is 2.83. The van der Waals surface area contributed by atoms with Crippen LogP contribution in [0.5, 0.6) is 0 Å². The molecule has 0 aromatic heterocycles. The van der Waals surface area contributed by atoms with Crippen LogP contribution in [0.25, 0.3) is 0 Å². The van der Waals surface area contributed by atoms with E-state index >= 15 is 0 Å². The molecule has 0 nitrogen and oxygen atoms in total. The summed E-state index contributed by atoms with van der Waals surface area (Å²) in [6.45, 7) is 4.87. The second-order valence-electron chi connectivity index (χ2n) is 3.45. The topological polar surface area (TPSA) is 0 Å². The largest absolute Gasteiger partial charge is 0.205 e. The minimum atomic E-state index is -0.725. The molecule has 0 amide bonds. The van der Waals surface area contributed by atoms with Gasteiger partial charge in [-0.2, -0.15) is 0 Å². The van der Waals surface area contributed by atoms with Gasteiger partial charge in [-0.05, 0) is 18.4 Å². The minimum Gasteiger partial charge on any atom is -0.205 e. The van der Waals surface area contributed by atoms with Gasteiger partial charge in [-0.15, -0.1) is 0 Å². The Labute approximate surface area is 91.8 Å². The van der Waals surface area contributed by atoms with E-state index in [4.69, 9.17) is 23.2 Å². The Morgan fingerprint density at radius 1 is 1.00 bits per heavy atom. The smallest absolute Gasteiger partial charge is 0.148 e. The Bertz CT molecular complexity index is 344. The molecule has 0 atom stereocenters. The first-order chi connectivity index (χ1) is 6.37. The van der Waals surface area contributed by atoms with Gasteiger partial charge in [-0.1, -0.05) is 37.0 Å². The van der Waals surface area contributed by atoms with Gasteiger partial charge >= 0.3 is 0 Å². The molecule has 0 saturated carbocycles. The summed E-state index contributed by atoms with van der Waals surface area (Å²) in [4.78, 5) is 0. The molecule has 0 aliphatic carbocycles. The highest BCUT2D eigenvalue weighted by molar-refractivity contribution is 6.36. The van der Waals surface area contributed by atoms with Crippen molar-refractivity contribution in [3.8, 4) is 0 Å². The van der Waals surface area contributed by atoms with Gasteiger partial charge in [0.2, 0.25) is 0 Å². The van der Waals surface area contributed by atoms with E-state index in [9.17, 15) is 8.78 Å². The summed E-state index contributed by atoms with van der Waals surface area (Å²) in [7, 11) is 0. The Hall–Kier alpha value is -0.340. The van der Waals surface area contributed by atoms with E-state index in [1.165, 1.54) is 6.92 Å². The Balaban J connectivity index is 3.60. The molecule has 0 N–H and O–H groups in total. The molecule has 14 heavy (non-hydrogen) atoms. The van der Waals surface area contributed by atoms with Gasteiger partial charge < -0.3 is 0 Å². The van der Waals surface area contributed by atoms with Crippen LogP contribution in [-0.2, 0) is 0 Å². The van der Waals surface area contributed by atoms with Gasteiger partial charge in [0.15, 0.2) is 0 Å². The average molecular weight is 239 g/mol. The molecule has 0 fully saturated rings. The van der Waals surface area contributed by atoms with Gasteiger partial charge in [0.25, 0.3) is 0 Å². The Morgan fingerprint density at radius 3 is 1.64 bits per heavy atom. The van der Waals surface area contributed by atoms with Crippen LogP contribution < -0.4 is 0 Å². The first-order valence-electron chi connectivity index (χ1n) is 4.20. The van der Waals surface area contributed by atoms with E-state index in [0.29, 0.717) is 5.56 Å². The highest BCUT2D eigenvalue weighted by Gasteiger charge is 2.21. The van der Waals surface area contributed by atoms with E-state index in [2.05, 4.69) is 0 Å². The predicted octanol–water partition coefficient (Wildman–Crippen LogP) is 4.70. The molecule has 1 aromatic rings. The van der Waals surface area contributed by atoms with Gasteiger partial charge in [-0.3, -0.25) is 0 Å². The highest BCUT2D eigenvalue weighted by Crippen LogP contribution is 2.37. The molecule has 0 unspecified atom stereocenters. The summed E-state index contributed by atoms with van der Waals surface area (Å²) in [6.07, 6.45) is 0. The zero-order valence-electron chi connectivity index (χ0n) is 8.09. The van der Waals surface area contributed by atoms with Crippen LogP contribution in [0.4, 0.5) is 8.78 Å². The molecule has 78 valence electrons. The third-order valence-electron chi connectivity index (χ3n) is 2.09. The van der Waals surface area contributed by atoms with Crippen molar-refractivity contribution in [1.29, 1.82) is 0 Å². The molecule has 0 radical (unpaired) electrons. The first kappa shape index (κ1) is 11.7. The zero-order valence-corrected chi connectivity index (χ0v) is 9.60. The molecule has 0 spiro atoms. The lowest BCUT2D eigenvalue weighted by atomic mass is 10.0. The van der Waals surface area contributed by atoms with Crippen molar-refractivity contribution >= 4 is 23.2 Å². The first-order valence-corrected chi connectivity index (χ1v) is 4.96. The molecule has 0 saturated heterocycles. The van der Waals surface area contributed by atoms with Crippen LogP contribution >= 0.6 is 23.2 Å². The number of benzene rings is 1. The summed E-state index contributed by atoms with van der Waals surface area (Å²) in [5, 5.41) is -0.159. The van der Waals surface area contributed by atoms with Gasteiger partial charge in [0.05, 0.1) is 10.0 Å². The van der Waals surface area contributed by atoms with E-state index in [0.717, 1.165) is 0 Å². The molecule has 4 heteroatoms. The average Bonchev–Trinajstić information content (AvgIpc) is 2.11. The quantitative estimate of drug-likeness (QED) is 0.623. The lowest BCUT2D eigenvalue weighted by Crippen LogP contribution is -2.00. The van der Waals surface area contributed by atoms with Crippen LogP contribution in [0.2, 0.25) is 10.0 Å². The minimum absolute atomic E-state index is 0.0797. The summed E-state index contributed by atoms with van der Waals surface area (Å²) >= 11 is 11.5. The molecular weight excluding hydrogens is 229 g/mol. The molecule has 0 aliphatic rings. The Kier molecular flexibility index (Phi) is 3.38. The van der Waals surface area contributed by atoms with Crippen LogP contribution in [0.1, 0.15) is 30.9 Å². The fraction of sp³-hybridized carbons (Fsp3) is 0.400. The zero-order chi connectivity index (χ0) is 11.0. The molecule has 0 bridgehead atoms. The molecule has 0 heterocycles. The molecule has 1 rings (SSSR count). The predicted molar refractivity (Wildman–Crippen MR) is 55.2 cm³/mol. The lowest BCUT2D eigenvalue weighted by Gasteiger charge is -2.14. The molecular formula is C10H10Cl2F2. The number of halogens is 4. The monoisotopic (exact) mass is 238 g/mol. The number of rotatable bonds is 1. The SMILES string of the molecule is Cc1c(F)c(Cl)c(C(C)C)c(Cl)c1F. The van der Waals surface area contributed by atoms with Gasteiger partial charge in [0.1, 0.15) is 11.6 Å². The second kappa shape index (κ2) is 4.03. The van der Waals surface area contributed by atoms with Crippen molar-refractivity contribution in [2.75, 3.05) is 0 Å². The van der Waals surface area contributed by atoms with E-state index in [1.54, 1.807) is 13.8 Å². The third kappa shape index (κ3) is 1.73. The number of hydrogen-bond acceptors (Lipinski definition) is 0. The van der Waals surface area contributed by atoms with Crippen molar-refractivity contribution in [3.05, 3.63) is 32.8 Å².